The van der Waals surface area contributed by atoms with Crippen molar-refractivity contribution in [2.45, 2.75) is 39.5 Å². The molecule has 0 atom stereocenters. The van der Waals surface area contributed by atoms with Gasteiger partial charge in [-0.15, -0.1) is 0 Å². The largest absolute Gasteiger partial charge is 0.493 e. The predicted octanol–water partition coefficient (Wildman–Crippen LogP) is 2.84. The van der Waals surface area contributed by atoms with Crippen LogP contribution in [0.4, 0.5) is 5.69 Å². The van der Waals surface area contributed by atoms with Crippen LogP contribution in [0.25, 0.3) is 0 Å². The molecule has 1 aliphatic rings. The van der Waals surface area contributed by atoms with Crippen LogP contribution in [0.5, 0.6) is 5.75 Å². The van der Waals surface area contributed by atoms with Gasteiger partial charge in [-0.3, -0.25) is 9.59 Å². The third-order valence-corrected chi connectivity index (χ3v) is 4.28. The van der Waals surface area contributed by atoms with Crippen LogP contribution >= 0.6 is 0 Å². The molecule has 0 saturated carbocycles. The standard InChI is InChI=1S/C16H21NO4/c1-3-16(4-2,15(19)20)10-14(18)17-12-5-6-13-11(9-12)7-8-21-13/h5-6,9H,3-4,7-8,10H2,1-2H3,(H,17,18)(H,19,20). The minimum absolute atomic E-state index is 0.0110. The number of carboxylic acid groups (broad SMARTS) is 1. The van der Waals surface area contributed by atoms with Crippen LogP contribution in [0.2, 0.25) is 0 Å². The van der Waals surface area contributed by atoms with E-state index in [0.29, 0.717) is 25.1 Å². The van der Waals surface area contributed by atoms with Crippen molar-refractivity contribution in [3.8, 4) is 5.75 Å². The summed E-state index contributed by atoms with van der Waals surface area (Å²) in [6.45, 7) is 4.27. The normalized spacial score (nSPS) is 13.4. The van der Waals surface area contributed by atoms with Crippen molar-refractivity contribution in [2.24, 2.45) is 5.41 Å². The van der Waals surface area contributed by atoms with E-state index in [0.717, 1.165) is 17.7 Å². The maximum atomic E-state index is 12.1. The lowest BCUT2D eigenvalue weighted by molar-refractivity contribution is -0.151. The fourth-order valence-electron chi connectivity index (χ4n) is 2.65. The molecule has 114 valence electrons. The van der Waals surface area contributed by atoms with Gasteiger partial charge in [-0.1, -0.05) is 13.8 Å². The summed E-state index contributed by atoms with van der Waals surface area (Å²) in [6.07, 6.45) is 1.69. The molecule has 1 heterocycles. The number of ether oxygens (including phenoxy) is 1. The number of hydrogen-bond acceptors (Lipinski definition) is 3. The van der Waals surface area contributed by atoms with Crippen LogP contribution in [-0.4, -0.2) is 23.6 Å². The molecule has 0 fully saturated rings. The molecule has 0 unspecified atom stereocenters. The molecular formula is C16H21NO4. The van der Waals surface area contributed by atoms with E-state index >= 15 is 0 Å². The van der Waals surface area contributed by atoms with Gasteiger partial charge in [0.25, 0.3) is 0 Å². The number of fused-ring (bicyclic) bond motifs is 1. The Kier molecular flexibility index (Phi) is 4.50. The zero-order valence-electron chi connectivity index (χ0n) is 12.4. The highest BCUT2D eigenvalue weighted by Crippen LogP contribution is 2.32. The number of aliphatic carboxylic acids is 1. The second-order valence-electron chi connectivity index (χ2n) is 5.44. The van der Waals surface area contributed by atoms with Gasteiger partial charge >= 0.3 is 5.97 Å². The average molecular weight is 291 g/mol. The van der Waals surface area contributed by atoms with E-state index in [2.05, 4.69) is 5.32 Å². The Morgan fingerprint density at radius 3 is 2.67 bits per heavy atom. The lowest BCUT2D eigenvalue weighted by Crippen LogP contribution is -2.34. The highest BCUT2D eigenvalue weighted by atomic mass is 16.5. The minimum Gasteiger partial charge on any atom is -0.493 e. The fourth-order valence-corrected chi connectivity index (χ4v) is 2.65. The average Bonchev–Trinajstić information content (AvgIpc) is 2.92. The summed E-state index contributed by atoms with van der Waals surface area (Å²) in [5.41, 5.74) is 0.781. The van der Waals surface area contributed by atoms with Gasteiger partial charge in [0.15, 0.2) is 0 Å². The Morgan fingerprint density at radius 2 is 2.05 bits per heavy atom. The molecule has 1 amide bonds. The van der Waals surface area contributed by atoms with Crippen molar-refractivity contribution in [3.63, 3.8) is 0 Å². The first-order valence-corrected chi connectivity index (χ1v) is 7.29. The Bertz CT molecular complexity index is 549. The smallest absolute Gasteiger partial charge is 0.310 e. The molecule has 0 radical (unpaired) electrons. The lowest BCUT2D eigenvalue weighted by atomic mass is 9.79. The number of benzene rings is 1. The maximum absolute atomic E-state index is 12.1. The Hall–Kier alpha value is -2.04. The number of nitrogens with one attached hydrogen (secondary N) is 1. The number of anilines is 1. The van der Waals surface area contributed by atoms with Crippen LogP contribution in [0.1, 0.15) is 38.7 Å². The molecule has 0 aromatic heterocycles. The number of hydrogen-bond donors (Lipinski definition) is 2. The summed E-state index contributed by atoms with van der Waals surface area (Å²) in [6, 6.07) is 5.50. The van der Waals surface area contributed by atoms with E-state index in [9.17, 15) is 14.7 Å². The molecule has 5 heteroatoms. The van der Waals surface area contributed by atoms with E-state index < -0.39 is 11.4 Å². The van der Waals surface area contributed by atoms with Gasteiger partial charge < -0.3 is 15.2 Å². The van der Waals surface area contributed by atoms with Gasteiger partial charge in [0.1, 0.15) is 5.75 Å². The maximum Gasteiger partial charge on any atom is 0.310 e. The second-order valence-corrected chi connectivity index (χ2v) is 5.44. The van der Waals surface area contributed by atoms with Crippen molar-refractivity contribution in [3.05, 3.63) is 23.8 Å². The molecule has 1 aromatic rings. The van der Waals surface area contributed by atoms with Crippen molar-refractivity contribution in [1.29, 1.82) is 0 Å². The van der Waals surface area contributed by atoms with Gasteiger partial charge in [0.05, 0.1) is 12.0 Å². The summed E-state index contributed by atoms with van der Waals surface area (Å²) < 4.78 is 5.41. The summed E-state index contributed by atoms with van der Waals surface area (Å²) >= 11 is 0. The van der Waals surface area contributed by atoms with E-state index in [4.69, 9.17) is 4.74 Å². The highest BCUT2D eigenvalue weighted by molar-refractivity contribution is 5.94. The monoisotopic (exact) mass is 291 g/mol. The predicted molar refractivity (Wildman–Crippen MR) is 79.5 cm³/mol. The van der Waals surface area contributed by atoms with Gasteiger partial charge in [-0.2, -0.15) is 0 Å². The van der Waals surface area contributed by atoms with E-state index in [1.54, 1.807) is 19.9 Å². The molecule has 21 heavy (non-hydrogen) atoms. The molecule has 0 saturated heterocycles. The van der Waals surface area contributed by atoms with E-state index in [-0.39, 0.29) is 12.3 Å². The molecule has 0 aliphatic carbocycles. The third kappa shape index (κ3) is 3.17. The number of rotatable bonds is 6. The van der Waals surface area contributed by atoms with E-state index in [1.165, 1.54) is 0 Å². The first-order chi connectivity index (χ1) is 10.0. The number of amides is 1. The minimum atomic E-state index is -0.982. The highest BCUT2D eigenvalue weighted by Gasteiger charge is 2.37. The summed E-state index contributed by atoms with van der Waals surface area (Å²) in [7, 11) is 0. The van der Waals surface area contributed by atoms with Crippen molar-refractivity contribution in [1.82, 2.24) is 0 Å². The molecular weight excluding hydrogens is 270 g/mol. The van der Waals surface area contributed by atoms with Gasteiger partial charge in [0, 0.05) is 18.5 Å². The molecule has 0 bridgehead atoms. The molecule has 0 spiro atoms. The van der Waals surface area contributed by atoms with Gasteiger partial charge in [-0.25, -0.2) is 0 Å². The quantitative estimate of drug-likeness (QED) is 0.845. The zero-order chi connectivity index (χ0) is 15.5. The van der Waals surface area contributed by atoms with E-state index in [1.807, 2.05) is 12.1 Å². The first kappa shape index (κ1) is 15.4. The summed E-state index contributed by atoms with van der Waals surface area (Å²) in [5, 5.41) is 12.2. The van der Waals surface area contributed by atoms with Crippen LogP contribution in [-0.2, 0) is 16.0 Å². The molecule has 2 N–H and O–H groups in total. The van der Waals surface area contributed by atoms with Crippen LogP contribution in [0.15, 0.2) is 18.2 Å². The van der Waals surface area contributed by atoms with Crippen LogP contribution in [0, 0.1) is 5.41 Å². The zero-order valence-corrected chi connectivity index (χ0v) is 12.4. The van der Waals surface area contributed by atoms with Crippen LogP contribution in [0.3, 0.4) is 0 Å². The summed E-state index contributed by atoms with van der Waals surface area (Å²) in [4.78, 5) is 23.6. The van der Waals surface area contributed by atoms with Gasteiger partial charge in [0.2, 0.25) is 5.91 Å². The SMILES string of the molecule is CCC(CC)(CC(=O)Nc1ccc2c(c1)CCO2)C(=O)O. The Labute approximate surface area is 124 Å². The second kappa shape index (κ2) is 6.16. The Morgan fingerprint density at radius 1 is 1.33 bits per heavy atom. The van der Waals surface area contributed by atoms with Crippen molar-refractivity contribution >= 4 is 17.6 Å². The van der Waals surface area contributed by atoms with Gasteiger partial charge in [-0.05, 0) is 36.6 Å². The molecule has 1 aliphatic heterocycles. The fraction of sp³-hybridized carbons (Fsp3) is 0.500. The summed E-state index contributed by atoms with van der Waals surface area (Å²) in [5.74, 6) is -0.319. The Balaban J connectivity index is 2.06. The van der Waals surface area contributed by atoms with Crippen molar-refractivity contribution in [2.75, 3.05) is 11.9 Å². The number of carboxylic acids is 1. The van der Waals surface area contributed by atoms with Crippen LogP contribution < -0.4 is 10.1 Å². The first-order valence-electron chi connectivity index (χ1n) is 7.29. The molecule has 2 rings (SSSR count). The number of carbonyl (C=O) groups excluding carboxylic acids is 1. The van der Waals surface area contributed by atoms with Crippen molar-refractivity contribution < 1.29 is 19.4 Å². The number of carbonyl (C=O) groups is 2. The topological polar surface area (TPSA) is 75.6 Å². The lowest BCUT2D eigenvalue weighted by Gasteiger charge is -2.25. The molecule has 1 aromatic carbocycles. The molecule has 5 nitrogen and oxygen atoms in total. The third-order valence-electron chi connectivity index (χ3n) is 4.28.